The van der Waals surface area contributed by atoms with Crippen LogP contribution in [0.5, 0.6) is 5.75 Å². The smallest absolute Gasteiger partial charge is 0.149 e. The molecule has 2 aromatic carbocycles. The number of nitrogens with two attached hydrogens (primary N) is 1. The van der Waals surface area contributed by atoms with Crippen molar-refractivity contribution in [3.63, 3.8) is 0 Å². The lowest BCUT2D eigenvalue weighted by Crippen LogP contribution is -1.95. The van der Waals surface area contributed by atoms with E-state index >= 15 is 0 Å². The third kappa shape index (κ3) is 4.00. The van der Waals surface area contributed by atoms with Crippen LogP contribution in [0.1, 0.15) is 5.56 Å². The van der Waals surface area contributed by atoms with Crippen LogP contribution in [-0.2, 0) is 6.42 Å². The molecule has 2 rings (SSSR count). The number of benzene rings is 2. The summed E-state index contributed by atoms with van der Waals surface area (Å²) in [7, 11) is 0. The Bertz CT molecular complexity index is 674. The molecule has 0 fully saturated rings. The van der Waals surface area contributed by atoms with Crippen molar-refractivity contribution in [3.05, 3.63) is 69.5 Å². The van der Waals surface area contributed by atoms with E-state index in [1.54, 1.807) is 12.1 Å². The van der Waals surface area contributed by atoms with E-state index in [2.05, 4.69) is 28.7 Å². The number of hydrogen-bond acceptors (Lipinski definition) is 3. The van der Waals surface area contributed by atoms with Crippen molar-refractivity contribution in [2.45, 2.75) is 6.42 Å². The Morgan fingerprint density at radius 2 is 2.05 bits per heavy atom. The zero-order chi connectivity index (χ0) is 14.4. The highest BCUT2D eigenvalue weighted by molar-refractivity contribution is 14.1. The second kappa shape index (κ2) is 6.96. The van der Waals surface area contributed by atoms with Crippen LogP contribution >= 0.6 is 22.6 Å². The van der Waals surface area contributed by atoms with Gasteiger partial charge in [0, 0.05) is 9.99 Å². The van der Waals surface area contributed by atoms with Crippen LogP contribution in [0.3, 0.4) is 0 Å². The first-order chi connectivity index (χ1) is 9.69. The zero-order valence-electron chi connectivity index (χ0n) is 10.7. The molecule has 100 valence electrons. The van der Waals surface area contributed by atoms with E-state index in [1.165, 1.54) is 6.26 Å². The van der Waals surface area contributed by atoms with E-state index in [-0.39, 0.29) is 0 Å². The first-order valence-corrected chi connectivity index (χ1v) is 7.11. The van der Waals surface area contributed by atoms with Crippen molar-refractivity contribution in [3.8, 4) is 11.8 Å². The molecule has 0 bridgehead atoms. The molecule has 0 aliphatic heterocycles. The number of nitriles is 1. The summed E-state index contributed by atoms with van der Waals surface area (Å²) in [4.78, 5) is 0. The van der Waals surface area contributed by atoms with Gasteiger partial charge >= 0.3 is 0 Å². The van der Waals surface area contributed by atoms with Crippen molar-refractivity contribution >= 4 is 28.3 Å². The lowest BCUT2D eigenvalue weighted by atomic mass is 10.1. The van der Waals surface area contributed by atoms with Crippen LogP contribution in [0.4, 0.5) is 5.69 Å². The fourth-order valence-corrected chi connectivity index (χ4v) is 2.30. The monoisotopic (exact) mass is 376 g/mol. The van der Waals surface area contributed by atoms with E-state index in [0.717, 1.165) is 9.13 Å². The SMILES string of the molecule is N#CC(=COc1ccccc1N)Cc1cccc(I)c1. The molecule has 2 N–H and O–H groups in total. The quantitative estimate of drug-likeness (QED) is 0.381. The molecule has 0 saturated heterocycles. The molecular formula is C16H13IN2O. The maximum absolute atomic E-state index is 9.17. The number of nitrogens with zero attached hydrogens (tertiary/aromatic N) is 1. The number of allylic oxidation sites excluding steroid dienone is 1. The van der Waals surface area contributed by atoms with E-state index in [1.807, 2.05) is 36.4 Å². The normalized spacial score (nSPS) is 10.9. The van der Waals surface area contributed by atoms with Gasteiger partial charge in [0.15, 0.2) is 0 Å². The highest BCUT2D eigenvalue weighted by Crippen LogP contribution is 2.21. The molecule has 0 aromatic heterocycles. The largest absolute Gasteiger partial charge is 0.462 e. The summed E-state index contributed by atoms with van der Waals surface area (Å²) in [5.41, 5.74) is 7.96. The second-order valence-electron chi connectivity index (χ2n) is 4.22. The Morgan fingerprint density at radius 3 is 2.75 bits per heavy atom. The average molecular weight is 376 g/mol. The van der Waals surface area contributed by atoms with Crippen LogP contribution < -0.4 is 10.5 Å². The molecule has 0 atom stereocenters. The van der Waals surface area contributed by atoms with E-state index in [9.17, 15) is 5.26 Å². The summed E-state index contributed by atoms with van der Waals surface area (Å²) in [5.74, 6) is 0.558. The van der Waals surface area contributed by atoms with Gasteiger partial charge in [-0.3, -0.25) is 0 Å². The Labute approximate surface area is 131 Å². The highest BCUT2D eigenvalue weighted by atomic mass is 127. The van der Waals surface area contributed by atoms with Gasteiger partial charge < -0.3 is 10.5 Å². The summed E-state index contributed by atoms with van der Waals surface area (Å²) in [6, 6.07) is 17.4. The molecule has 0 saturated carbocycles. The maximum Gasteiger partial charge on any atom is 0.149 e. The average Bonchev–Trinajstić information content (AvgIpc) is 2.45. The number of para-hydroxylation sites is 2. The van der Waals surface area contributed by atoms with Gasteiger partial charge in [-0.2, -0.15) is 5.26 Å². The first-order valence-electron chi connectivity index (χ1n) is 6.04. The van der Waals surface area contributed by atoms with Gasteiger partial charge in [-0.25, -0.2) is 0 Å². The molecule has 0 aliphatic rings. The molecular weight excluding hydrogens is 363 g/mol. The number of hydrogen-bond donors (Lipinski definition) is 1. The lowest BCUT2D eigenvalue weighted by Gasteiger charge is -2.05. The van der Waals surface area contributed by atoms with Gasteiger partial charge in [0.2, 0.25) is 0 Å². The van der Waals surface area contributed by atoms with Crippen LogP contribution in [0.25, 0.3) is 0 Å². The fraction of sp³-hybridized carbons (Fsp3) is 0.0625. The van der Waals surface area contributed by atoms with Crippen LogP contribution in [0.15, 0.2) is 60.4 Å². The van der Waals surface area contributed by atoms with Gasteiger partial charge in [-0.15, -0.1) is 0 Å². The second-order valence-corrected chi connectivity index (χ2v) is 5.46. The van der Waals surface area contributed by atoms with Crippen molar-refractivity contribution in [1.82, 2.24) is 0 Å². The molecule has 0 spiro atoms. The minimum Gasteiger partial charge on any atom is -0.462 e. The molecule has 0 unspecified atom stereocenters. The molecule has 0 aliphatic carbocycles. The van der Waals surface area contributed by atoms with E-state index < -0.39 is 0 Å². The topological polar surface area (TPSA) is 59.0 Å². The molecule has 0 radical (unpaired) electrons. The van der Waals surface area contributed by atoms with Crippen LogP contribution in [0, 0.1) is 14.9 Å². The molecule has 3 nitrogen and oxygen atoms in total. The zero-order valence-corrected chi connectivity index (χ0v) is 12.9. The number of anilines is 1. The van der Waals surface area contributed by atoms with Crippen LogP contribution in [0.2, 0.25) is 0 Å². The number of rotatable bonds is 4. The van der Waals surface area contributed by atoms with Gasteiger partial charge in [-0.1, -0.05) is 24.3 Å². The Hall–Kier alpha value is -2.00. The van der Waals surface area contributed by atoms with Crippen molar-refractivity contribution in [1.29, 1.82) is 5.26 Å². The minimum absolute atomic E-state index is 0.542. The summed E-state index contributed by atoms with van der Waals surface area (Å²) in [6.07, 6.45) is 2.01. The highest BCUT2D eigenvalue weighted by Gasteiger charge is 2.02. The Morgan fingerprint density at radius 1 is 1.25 bits per heavy atom. The van der Waals surface area contributed by atoms with Gasteiger partial charge in [0.25, 0.3) is 0 Å². The van der Waals surface area contributed by atoms with Crippen molar-refractivity contribution in [2.75, 3.05) is 5.73 Å². The standard InChI is InChI=1S/C16H13IN2O/c17-14-5-3-4-12(9-14)8-13(10-18)11-20-16-7-2-1-6-15(16)19/h1-7,9,11H,8,19H2. The maximum atomic E-state index is 9.17. The molecule has 0 amide bonds. The van der Waals surface area contributed by atoms with Gasteiger partial charge in [-0.05, 0) is 52.4 Å². The predicted molar refractivity (Wildman–Crippen MR) is 88.0 cm³/mol. The Balaban J connectivity index is 2.11. The lowest BCUT2D eigenvalue weighted by molar-refractivity contribution is 0.479. The molecule has 0 heterocycles. The fourth-order valence-electron chi connectivity index (χ4n) is 1.70. The van der Waals surface area contributed by atoms with E-state index in [4.69, 9.17) is 10.5 Å². The Kier molecular flexibility index (Phi) is 5.02. The van der Waals surface area contributed by atoms with Gasteiger partial charge in [0.1, 0.15) is 12.0 Å². The number of halogens is 1. The first kappa shape index (κ1) is 14.4. The third-order valence-electron chi connectivity index (χ3n) is 2.67. The third-order valence-corrected chi connectivity index (χ3v) is 3.35. The summed E-state index contributed by atoms with van der Waals surface area (Å²) in [5, 5.41) is 9.17. The van der Waals surface area contributed by atoms with Crippen LogP contribution in [-0.4, -0.2) is 0 Å². The summed E-state index contributed by atoms with van der Waals surface area (Å²) in [6.45, 7) is 0. The summed E-state index contributed by atoms with van der Waals surface area (Å²) >= 11 is 2.25. The molecule has 20 heavy (non-hydrogen) atoms. The van der Waals surface area contributed by atoms with Crippen molar-refractivity contribution < 1.29 is 4.74 Å². The predicted octanol–water partition coefficient (Wildman–Crippen LogP) is 3.90. The van der Waals surface area contributed by atoms with Gasteiger partial charge in [0.05, 0.1) is 17.3 Å². The number of nitrogen functional groups attached to an aromatic ring is 1. The minimum atomic E-state index is 0.542. The van der Waals surface area contributed by atoms with E-state index in [0.29, 0.717) is 23.4 Å². The van der Waals surface area contributed by atoms with Crippen molar-refractivity contribution in [2.24, 2.45) is 0 Å². The molecule has 2 aromatic rings. The number of ether oxygens (including phenoxy) is 1. The molecule has 4 heteroatoms. The summed E-state index contributed by atoms with van der Waals surface area (Å²) < 4.78 is 6.62.